The summed E-state index contributed by atoms with van der Waals surface area (Å²) < 4.78 is 26.5. The predicted molar refractivity (Wildman–Crippen MR) is 74.3 cm³/mol. The van der Waals surface area contributed by atoms with Crippen LogP contribution in [0.15, 0.2) is 29.2 Å². The van der Waals surface area contributed by atoms with Gasteiger partial charge in [-0.1, -0.05) is 6.07 Å². The van der Waals surface area contributed by atoms with Crippen molar-refractivity contribution in [3.05, 3.63) is 29.8 Å². The van der Waals surface area contributed by atoms with E-state index in [-0.39, 0.29) is 16.5 Å². The topological polar surface area (TPSA) is 77.9 Å². The second-order valence-electron chi connectivity index (χ2n) is 5.03. The van der Waals surface area contributed by atoms with Gasteiger partial charge in [-0.25, -0.2) is 13.2 Å². The zero-order chi connectivity index (χ0) is 14.9. The summed E-state index contributed by atoms with van der Waals surface area (Å²) in [5, 5.41) is 8.95. The van der Waals surface area contributed by atoms with Crippen molar-refractivity contribution in [3.8, 4) is 0 Å². The first-order chi connectivity index (χ1) is 9.32. The Bertz CT molecular complexity index is 615. The molecular weight excluding hydrogens is 280 g/mol. The lowest BCUT2D eigenvalue weighted by Crippen LogP contribution is -2.51. The molecule has 1 saturated heterocycles. The number of piperazine rings is 1. The van der Waals surface area contributed by atoms with Crippen molar-refractivity contribution >= 4 is 16.0 Å². The Morgan fingerprint density at radius 2 is 2.05 bits per heavy atom. The molecule has 1 fully saturated rings. The molecule has 1 heterocycles. The SMILES string of the molecule is CC1CN(S(=O)(=O)c2cccc(C(=O)O)c2)CCN1C. The molecular formula is C13H18N2O4S. The van der Waals surface area contributed by atoms with E-state index < -0.39 is 16.0 Å². The number of sulfonamides is 1. The van der Waals surface area contributed by atoms with E-state index in [1.54, 1.807) is 0 Å². The van der Waals surface area contributed by atoms with Crippen LogP contribution in [0.1, 0.15) is 17.3 Å². The molecule has 0 radical (unpaired) electrons. The third kappa shape index (κ3) is 2.84. The van der Waals surface area contributed by atoms with Gasteiger partial charge in [0.2, 0.25) is 10.0 Å². The Labute approximate surface area is 118 Å². The van der Waals surface area contributed by atoms with Gasteiger partial charge in [0.25, 0.3) is 0 Å². The summed E-state index contributed by atoms with van der Waals surface area (Å²) in [6, 6.07) is 5.62. The zero-order valence-corrected chi connectivity index (χ0v) is 12.3. The van der Waals surface area contributed by atoms with Gasteiger partial charge in [-0.2, -0.15) is 4.31 Å². The number of carboxylic acids is 1. The third-order valence-corrected chi connectivity index (χ3v) is 5.50. The molecule has 0 amide bonds. The van der Waals surface area contributed by atoms with Crippen LogP contribution < -0.4 is 0 Å². The van der Waals surface area contributed by atoms with Crippen molar-refractivity contribution in [2.24, 2.45) is 0 Å². The van der Waals surface area contributed by atoms with Crippen LogP contribution in [0.4, 0.5) is 0 Å². The Hall–Kier alpha value is -1.44. The lowest BCUT2D eigenvalue weighted by molar-refractivity contribution is 0.0696. The number of hydrogen-bond acceptors (Lipinski definition) is 4. The summed E-state index contributed by atoms with van der Waals surface area (Å²) in [5.41, 5.74) is -0.0201. The van der Waals surface area contributed by atoms with Gasteiger partial charge in [0.05, 0.1) is 10.5 Å². The summed E-state index contributed by atoms with van der Waals surface area (Å²) in [7, 11) is -1.67. The molecule has 0 saturated carbocycles. The van der Waals surface area contributed by atoms with Gasteiger partial charge in [0.1, 0.15) is 0 Å². The summed E-state index contributed by atoms with van der Waals surface area (Å²) >= 11 is 0. The summed E-state index contributed by atoms with van der Waals surface area (Å²) in [4.78, 5) is 13.1. The highest BCUT2D eigenvalue weighted by Crippen LogP contribution is 2.20. The molecule has 1 aromatic carbocycles. The molecule has 0 bridgehead atoms. The van der Waals surface area contributed by atoms with Crippen LogP contribution in [0.25, 0.3) is 0 Å². The molecule has 1 unspecified atom stereocenters. The molecule has 2 rings (SSSR count). The molecule has 0 spiro atoms. The van der Waals surface area contributed by atoms with Crippen LogP contribution in [0.3, 0.4) is 0 Å². The normalized spacial score (nSPS) is 21.8. The van der Waals surface area contributed by atoms with E-state index in [0.717, 1.165) is 0 Å². The van der Waals surface area contributed by atoms with Gasteiger partial charge >= 0.3 is 5.97 Å². The maximum Gasteiger partial charge on any atom is 0.335 e. The average Bonchev–Trinajstić information content (AvgIpc) is 2.42. The van der Waals surface area contributed by atoms with E-state index in [1.807, 2.05) is 14.0 Å². The first-order valence-corrected chi connectivity index (χ1v) is 7.80. The van der Waals surface area contributed by atoms with E-state index in [0.29, 0.717) is 19.6 Å². The van der Waals surface area contributed by atoms with E-state index >= 15 is 0 Å². The van der Waals surface area contributed by atoms with E-state index in [1.165, 1.54) is 28.6 Å². The first-order valence-electron chi connectivity index (χ1n) is 6.36. The van der Waals surface area contributed by atoms with Crippen LogP contribution in [0, 0.1) is 0 Å². The molecule has 0 aromatic heterocycles. The van der Waals surface area contributed by atoms with Gasteiger partial charge in [-0.05, 0) is 32.2 Å². The van der Waals surface area contributed by atoms with Gasteiger partial charge < -0.3 is 10.0 Å². The number of carbonyl (C=O) groups is 1. The number of hydrogen-bond donors (Lipinski definition) is 1. The largest absolute Gasteiger partial charge is 0.478 e. The fraction of sp³-hybridized carbons (Fsp3) is 0.462. The monoisotopic (exact) mass is 298 g/mol. The summed E-state index contributed by atoms with van der Waals surface area (Å²) in [6.45, 7) is 3.46. The Kier molecular flexibility index (Phi) is 4.12. The minimum atomic E-state index is -3.63. The second-order valence-corrected chi connectivity index (χ2v) is 6.96. The first kappa shape index (κ1) is 15.0. The molecule has 20 heavy (non-hydrogen) atoms. The molecule has 7 heteroatoms. The van der Waals surface area contributed by atoms with Gasteiger partial charge in [0.15, 0.2) is 0 Å². The smallest absolute Gasteiger partial charge is 0.335 e. The minimum absolute atomic E-state index is 0.0201. The number of likely N-dealkylation sites (N-methyl/N-ethyl adjacent to an activating group) is 1. The zero-order valence-electron chi connectivity index (χ0n) is 11.5. The molecule has 110 valence electrons. The predicted octanol–water partition coefficient (Wildman–Crippen LogP) is 0.709. The van der Waals surface area contributed by atoms with Gasteiger partial charge in [-0.3, -0.25) is 0 Å². The fourth-order valence-corrected chi connectivity index (χ4v) is 3.73. The maximum absolute atomic E-state index is 12.5. The van der Waals surface area contributed by atoms with Crippen molar-refractivity contribution in [2.45, 2.75) is 17.9 Å². The van der Waals surface area contributed by atoms with Crippen molar-refractivity contribution in [3.63, 3.8) is 0 Å². The average molecular weight is 298 g/mol. The summed E-state index contributed by atoms with van der Waals surface area (Å²) in [5.74, 6) is -1.13. The highest BCUT2D eigenvalue weighted by atomic mass is 32.2. The standard InChI is InChI=1S/C13H18N2O4S/c1-10-9-15(7-6-14(10)2)20(18,19)12-5-3-4-11(8-12)13(16)17/h3-5,8,10H,6-7,9H2,1-2H3,(H,16,17). The molecule has 1 atom stereocenters. The van der Waals surface area contributed by atoms with Gasteiger partial charge in [0, 0.05) is 25.7 Å². The van der Waals surface area contributed by atoms with Crippen LogP contribution in [-0.2, 0) is 10.0 Å². The quantitative estimate of drug-likeness (QED) is 0.889. The molecule has 6 nitrogen and oxygen atoms in total. The summed E-state index contributed by atoms with van der Waals surface area (Å²) in [6.07, 6.45) is 0. The van der Waals surface area contributed by atoms with Crippen LogP contribution in [-0.4, -0.2) is 61.4 Å². The molecule has 1 N–H and O–H groups in total. The van der Waals surface area contributed by atoms with Crippen molar-refractivity contribution in [1.29, 1.82) is 0 Å². The molecule has 1 aliphatic rings. The van der Waals surface area contributed by atoms with Crippen LogP contribution in [0.2, 0.25) is 0 Å². The van der Waals surface area contributed by atoms with Crippen LogP contribution >= 0.6 is 0 Å². The van der Waals surface area contributed by atoms with E-state index in [9.17, 15) is 13.2 Å². The number of benzene rings is 1. The van der Waals surface area contributed by atoms with Crippen molar-refractivity contribution in [2.75, 3.05) is 26.7 Å². The highest BCUT2D eigenvalue weighted by molar-refractivity contribution is 7.89. The lowest BCUT2D eigenvalue weighted by Gasteiger charge is -2.36. The fourth-order valence-electron chi connectivity index (χ4n) is 2.17. The minimum Gasteiger partial charge on any atom is -0.478 e. The Morgan fingerprint density at radius 3 is 2.65 bits per heavy atom. The molecule has 1 aromatic rings. The van der Waals surface area contributed by atoms with E-state index in [4.69, 9.17) is 5.11 Å². The van der Waals surface area contributed by atoms with Gasteiger partial charge in [-0.15, -0.1) is 0 Å². The molecule has 0 aliphatic carbocycles. The maximum atomic E-state index is 12.5. The van der Waals surface area contributed by atoms with Crippen molar-refractivity contribution < 1.29 is 18.3 Å². The lowest BCUT2D eigenvalue weighted by atomic mass is 10.2. The van der Waals surface area contributed by atoms with Crippen LogP contribution in [0.5, 0.6) is 0 Å². The highest BCUT2D eigenvalue weighted by Gasteiger charge is 2.31. The third-order valence-electron chi connectivity index (χ3n) is 3.64. The second kappa shape index (κ2) is 5.51. The Balaban J connectivity index is 2.31. The number of rotatable bonds is 3. The molecule has 1 aliphatic heterocycles. The van der Waals surface area contributed by atoms with Crippen molar-refractivity contribution in [1.82, 2.24) is 9.21 Å². The number of aromatic carboxylic acids is 1. The number of carboxylic acid groups (broad SMARTS) is 1. The Morgan fingerprint density at radius 1 is 1.35 bits per heavy atom. The van der Waals surface area contributed by atoms with E-state index in [2.05, 4.69) is 4.90 Å². The number of nitrogens with zero attached hydrogens (tertiary/aromatic N) is 2.